The lowest BCUT2D eigenvalue weighted by atomic mass is 10.0. The Morgan fingerprint density at radius 2 is 1.93 bits per heavy atom. The van der Waals surface area contributed by atoms with Crippen molar-refractivity contribution in [2.24, 2.45) is 11.7 Å². The maximum Gasteiger partial charge on any atom is 0.267 e. The molecule has 4 rings (SSSR count). The Morgan fingerprint density at radius 1 is 1.19 bits per heavy atom. The van der Waals surface area contributed by atoms with Crippen molar-refractivity contribution in [3.63, 3.8) is 0 Å². The smallest absolute Gasteiger partial charge is 0.267 e. The number of benzene rings is 2. The number of aromatic nitrogens is 1. The normalized spacial score (nSPS) is 16.0. The third-order valence-electron chi connectivity index (χ3n) is 4.77. The van der Waals surface area contributed by atoms with Crippen molar-refractivity contribution in [2.45, 2.75) is 6.42 Å². The number of hydrogen-bond donors (Lipinski definition) is 4. The Bertz CT molecular complexity index is 898. The van der Waals surface area contributed by atoms with Crippen molar-refractivity contribution in [2.75, 3.05) is 26.7 Å². The number of hydrogen-bond acceptors (Lipinski definition) is 3. The van der Waals surface area contributed by atoms with Crippen LogP contribution in [0.5, 0.6) is 0 Å². The van der Waals surface area contributed by atoms with Crippen molar-refractivity contribution < 1.29 is 9.18 Å². The zero-order valence-electron chi connectivity index (χ0n) is 15.4. The van der Waals surface area contributed by atoms with Crippen LogP contribution in [0.3, 0.4) is 0 Å². The second kappa shape index (κ2) is 8.79. The highest BCUT2D eigenvalue weighted by Crippen LogP contribution is 2.25. The van der Waals surface area contributed by atoms with Gasteiger partial charge in [-0.2, -0.15) is 0 Å². The van der Waals surface area contributed by atoms with Crippen LogP contribution in [-0.2, 0) is 0 Å². The number of nitrogens with two attached hydrogens (primary N) is 1. The molecule has 3 aromatic rings. The van der Waals surface area contributed by atoms with Crippen LogP contribution in [0.2, 0.25) is 0 Å². The summed E-state index contributed by atoms with van der Waals surface area (Å²) in [5, 5.41) is 6.79. The van der Waals surface area contributed by atoms with Gasteiger partial charge in [-0.25, -0.2) is 4.39 Å². The summed E-state index contributed by atoms with van der Waals surface area (Å²) in [6, 6.07) is 14.0. The zero-order chi connectivity index (χ0) is 19.2. The van der Waals surface area contributed by atoms with E-state index in [4.69, 9.17) is 5.73 Å². The molecule has 1 amide bonds. The van der Waals surface area contributed by atoms with Crippen molar-refractivity contribution >= 4 is 16.8 Å². The van der Waals surface area contributed by atoms with E-state index >= 15 is 0 Å². The summed E-state index contributed by atoms with van der Waals surface area (Å²) in [4.78, 5) is 14.7. The molecule has 1 saturated heterocycles. The van der Waals surface area contributed by atoms with E-state index in [0.717, 1.165) is 41.0 Å². The fourth-order valence-corrected chi connectivity index (χ4v) is 3.12. The summed E-state index contributed by atoms with van der Waals surface area (Å²) in [7, 11) is 1.60. The van der Waals surface area contributed by atoms with E-state index in [0.29, 0.717) is 5.69 Å². The lowest BCUT2D eigenvalue weighted by molar-refractivity contribution is 0.0959. The number of fused-ring (bicyclic) bond motifs is 1. The van der Waals surface area contributed by atoms with Gasteiger partial charge >= 0.3 is 0 Å². The second-order valence-corrected chi connectivity index (χ2v) is 6.67. The predicted molar refractivity (Wildman–Crippen MR) is 107 cm³/mol. The van der Waals surface area contributed by atoms with E-state index in [1.807, 2.05) is 24.3 Å². The molecular weight excluding hydrogens is 343 g/mol. The Labute approximate surface area is 158 Å². The molecular formula is C21H25FN4O. The van der Waals surface area contributed by atoms with Crippen LogP contribution in [-0.4, -0.2) is 37.6 Å². The lowest BCUT2D eigenvalue weighted by Gasteiger charge is -2.01. The molecule has 27 heavy (non-hydrogen) atoms. The minimum absolute atomic E-state index is 0.149. The van der Waals surface area contributed by atoms with Gasteiger partial charge in [-0.15, -0.1) is 0 Å². The highest BCUT2D eigenvalue weighted by atomic mass is 19.1. The van der Waals surface area contributed by atoms with Gasteiger partial charge in [-0.1, -0.05) is 24.3 Å². The molecule has 0 bridgehead atoms. The number of halogens is 1. The SMILES string of the molecule is CNC(=O)c1cc2ccc(-c3ccc(F)cc3)cc2[nH]1.NCC1CCNC1. The highest BCUT2D eigenvalue weighted by molar-refractivity contribution is 5.98. The fourth-order valence-electron chi connectivity index (χ4n) is 3.12. The number of aromatic amines is 1. The van der Waals surface area contributed by atoms with Crippen molar-refractivity contribution in [1.82, 2.24) is 15.6 Å². The monoisotopic (exact) mass is 368 g/mol. The van der Waals surface area contributed by atoms with E-state index in [1.54, 1.807) is 19.2 Å². The average Bonchev–Trinajstić information content (AvgIpc) is 3.37. The highest BCUT2D eigenvalue weighted by Gasteiger charge is 2.10. The van der Waals surface area contributed by atoms with Crippen LogP contribution < -0.4 is 16.4 Å². The van der Waals surface area contributed by atoms with Crippen molar-refractivity contribution in [1.29, 1.82) is 0 Å². The molecule has 2 heterocycles. The van der Waals surface area contributed by atoms with Gasteiger partial charge in [0.15, 0.2) is 0 Å². The Balaban J connectivity index is 0.000000253. The minimum Gasteiger partial charge on any atom is -0.354 e. The van der Waals surface area contributed by atoms with Gasteiger partial charge in [0.05, 0.1) is 0 Å². The van der Waals surface area contributed by atoms with E-state index in [-0.39, 0.29) is 11.7 Å². The number of H-pyrrole nitrogens is 1. The fraction of sp³-hybridized carbons (Fsp3) is 0.286. The van der Waals surface area contributed by atoms with Gasteiger partial charge < -0.3 is 21.4 Å². The summed E-state index contributed by atoms with van der Waals surface area (Å²) in [6.45, 7) is 3.16. The molecule has 2 aromatic carbocycles. The van der Waals surface area contributed by atoms with Gasteiger partial charge in [-0.05, 0) is 67.4 Å². The minimum atomic E-state index is -0.253. The molecule has 5 nitrogen and oxygen atoms in total. The summed E-state index contributed by atoms with van der Waals surface area (Å²) >= 11 is 0. The second-order valence-electron chi connectivity index (χ2n) is 6.67. The van der Waals surface area contributed by atoms with E-state index in [1.165, 1.54) is 25.1 Å². The number of nitrogens with one attached hydrogen (secondary N) is 3. The molecule has 6 heteroatoms. The van der Waals surface area contributed by atoms with Crippen LogP contribution in [0.1, 0.15) is 16.9 Å². The Morgan fingerprint density at radius 3 is 2.52 bits per heavy atom. The molecule has 0 spiro atoms. The average molecular weight is 368 g/mol. The summed E-state index contributed by atoms with van der Waals surface area (Å²) in [5.41, 5.74) is 8.71. The quantitative estimate of drug-likeness (QED) is 0.574. The first-order valence-corrected chi connectivity index (χ1v) is 9.12. The van der Waals surface area contributed by atoms with Gasteiger partial charge in [0.25, 0.3) is 5.91 Å². The maximum absolute atomic E-state index is 12.9. The summed E-state index contributed by atoms with van der Waals surface area (Å²) in [6.07, 6.45) is 1.27. The van der Waals surface area contributed by atoms with Gasteiger partial charge in [0.2, 0.25) is 0 Å². The molecule has 1 aromatic heterocycles. The predicted octanol–water partition coefficient (Wildman–Crippen LogP) is 2.89. The van der Waals surface area contributed by atoms with Gasteiger partial charge in [0.1, 0.15) is 11.5 Å². The van der Waals surface area contributed by atoms with Crippen molar-refractivity contribution in [3.05, 3.63) is 60.0 Å². The zero-order valence-corrected chi connectivity index (χ0v) is 15.4. The lowest BCUT2D eigenvalue weighted by Crippen LogP contribution is -2.17. The Kier molecular flexibility index (Phi) is 6.21. The van der Waals surface area contributed by atoms with E-state index in [2.05, 4.69) is 15.6 Å². The molecule has 1 unspecified atom stereocenters. The number of carbonyl (C=O) groups is 1. The van der Waals surface area contributed by atoms with E-state index < -0.39 is 0 Å². The van der Waals surface area contributed by atoms with E-state index in [9.17, 15) is 9.18 Å². The molecule has 5 N–H and O–H groups in total. The largest absolute Gasteiger partial charge is 0.354 e. The standard InChI is InChI=1S/C16H13FN2O.C5H12N2/c1-18-16(20)15-9-12-3-2-11(8-14(12)19-15)10-4-6-13(17)7-5-10;6-3-5-1-2-7-4-5/h2-9,19H,1H3,(H,18,20);5,7H,1-4,6H2. The number of carbonyl (C=O) groups excluding carboxylic acids is 1. The van der Waals surface area contributed by atoms with Crippen LogP contribution in [0.15, 0.2) is 48.5 Å². The Hall–Kier alpha value is -2.70. The molecule has 1 fully saturated rings. The van der Waals surface area contributed by atoms with Crippen LogP contribution >= 0.6 is 0 Å². The first kappa shape index (κ1) is 19.1. The van der Waals surface area contributed by atoms with Crippen LogP contribution in [0, 0.1) is 11.7 Å². The van der Waals surface area contributed by atoms with Crippen LogP contribution in [0.4, 0.5) is 4.39 Å². The molecule has 1 aliphatic heterocycles. The van der Waals surface area contributed by atoms with Gasteiger partial charge in [-0.3, -0.25) is 4.79 Å². The molecule has 142 valence electrons. The third kappa shape index (κ3) is 4.72. The molecule has 0 radical (unpaired) electrons. The molecule has 0 aliphatic carbocycles. The summed E-state index contributed by atoms with van der Waals surface area (Å²) < 4.78 is 12.9. The number of rotatable bonds is 3. The topological polar surface area (TPSA) is 82.9 Å². The summed E-state index contributed by atoms with van der Waals surface area (Å²) in [5.74, 6) is 0.362. The maximum atomic E-state index is 12.9. The molecule has 1 atom stereocenters. The molecule has 1 aliphatic rings. The first-order valence-electron chi connectivity index (χ1n) is 9.12. The molecule has 0 saturated carbocycles. The number of amides is 1. The third-order valence-corrected chi connectivity index (χ3v) is 4.77. The van der Waals surface area contributed by atoms with Crippen molar-refractivity contribution in [3.8, 4) is 11.1 Å². The van der Waals surface area contributed by atoms with Crippen LogP contribution in [0.25, 0.3) is 22.0 Å². The van der Waals surface area contributed by atoms with Gasteiger partial charge in [0, 0.05) is 18.0 Å². The first-order chi connectivity index (χ1) is 13.1.